The Morgan fingerprint density at radius 2 is 1.89 bits per heavy atom. The van der Waals surface area contributed by atoms with Gasteiger partial charge in [0, 0.05) is 5.56 Å². The first-order valence-corrected chi connectivity index (χ1v) is 6.91. The molecule has 0 aliphatic heterocycles. The first kappa shape index (κ1) is 15.5. The molecule has 1 aromatic rings. The molecule has 0 bridgehead atoms. The Bertz CT molecular complexity index is 393. The second kappa shape index (κ2) is 8.53. The van der Waals surface area contributed by atoms with Crippen LogP contribution in [-0.2, 0) is 4.79 Å². The summed E-state index contributed by atoms with van der Waals surface area (Å²) in [5, 5.41) is 21.9. The van der Waals surface area contributed by atoms with Crippen molar-refractivity contribution < 1.29 is 15.0 Å². The number of para-hydroxylation sites is 1. The fraction of sp³-hybridized carbons (Fsp3) is 0.533. The van der Waals surface area contributed by atoms with Gasteiger partial charge in [-0.3, -0.25) is 4.79 Å². The van der Waals surface area contributed by atoms with E-state index in [1.54, 1.807) is 18.2 Å². The van der Waals surface area contributed by atoms with Gasteiger partial charge in [0.05, 0.1) is 0 Å². The summed E-state index contributed by atoms with van der Waals surface area (Å²) in [5.74, 6) is -0.941. The summed E-state index contributed by atoms with van der Waals surface area (Å²) in [6, 6.07) is 5.72. The predicted octanol–water partition coefficient (Wildman–Crippen LogP) is 3.08. The molecular weight excluding hydrogens is 242 g/mol. The molecule has 4 nitrogen and oxygen atoms in total. The molecule has 0 saturated carbocycles. The minimum absolute atomic E-state index is 0.0217. The smallest absolute Gasteiger partial charge is 0.325 e. The van der Waals surface area contributed by atoms with Crippen LogP contribution in [0, 0.1) is 0 Å². The fourth-order valence-electron chi connectivity index (χ4n) is 2.04. The molecule has 0 radical (unpaired) electrons. The van der Waals surface area contributed by atoms with Crippen molar-refractivity contribution >= 4 is 5.97 Å². The number of phenols is 1. The Morgan fingerprint density at radius 3 is 2.53 bits per heavy atom. The molecule has 4 heteroatoms. The lowest BCUT2D eigenvalue weighted by Gasteiger charge is -2.15. The van der Waals surface area contributed by atoms with Crippen molar-refractivity contribution in [2.45, 2.75) is 45.1 Å². The Labute approximate surface area is 114 Å². The summed E-state index contributed by atoms with van der Waals surface area (Å²) in [4.78, 5) is 11.2. The van der Waals surface area contributed by atoms with Crippen molar-refractivity contribution in [3.63, 3.8) is 0 Å². The molecule has 0 heterocycles. The van der Waals surface area contributed by atoms with E-state index in [9.17, 15) is 15.0 Å². The third-order valence-electron chi connectivity index (χ3n) is 3.12. The van der Waals surface area contributed by atoms with Gasteiger partial charge in [0.15, 0.2) is 0 Å². The fourth-order valence-corrected chi connectivity index (χ4v) is 2.04. The third kappa shape index (κ3) is 5.30. The number of hydrogen-bond acceptors (Lipinski definition) is 3. The van der Waals surface area contributed by atoms with Crippen molar-refractivity contribution in [2.24, 2.45) is 0 Å². The first-order valence-electron chi connectivity index (χ1n) is 6.91. The van der Waals surface area contributed by atoms with Crippen LogP contribution in [0.5, 0.6) is 5.75 Å². The van der Waals surface area contributed by atoms with Gasteiger partial charge < -0.3 is 15.5 Å². The number of carboxylic acid groups (broad SMARTS) is 1. The van der Waals surface area contributed by atoms with Crippen molar-refractivity contribution in [1.82, 2.24) is 5.32 Å². The Hall–Kier alpha value is -1.55. The molecule has 0 aromatic heterocycles. The van der Waals surface area contributed by atoms with E-state index in [4.69, 9.17) is 0 Å². The topological polar surface area (TPSA) is 69.6 Å². The maximum Gasteiger partial charge on any atom is 0.325 e. The van der Waals surface area contributed by atoms with E-state index in [0.717, 1.165) is 12.8 Å². The highest BCUT2D eigenvalue weighted by Gasteiger charge is 2.21. The molecule has 106 valence electrons. The van der Waals surface area contributed by atoms with Crippen LogP contribution in [0.2, 0.25) is 0 Å². The van der Waals surface area contributed by atoms with Crippen LogP contribution >= 0.6 is 0 Å². The van der Waals surface area contributed by atoms with E-state index in [1.165, 1.54) is 25.3 Å². The lowest BCUT2D eigenvalue weighted by molar-refractivity contribution is -0.139. The highest BCUT2D eigenvalue weighted by atomic mass is 16.4. The number of unbranched alkanes of at least 4 members (excludes halogenated alkanes) is 4. The minimum atomic E-state index is -0.963. The van der Waals surface area contributed by atoms with Crippen LogP contribution in [0.3, 0.4) is 0 Å². The number of phenolic OH excluding ortho intramolecular Hbond substituents is 1. The number of benzene rings is 1. The molecule has 0 spiro atoms. The van der Waals surface area contributed by atoms with E-state index >= 15 is 0 Å². The van der Waals surface area contributed by atoms with Crippen LogP contribution in [0.15, 0.2) is 24.3 Å². The van der Waals surface area contributed by atoms with Gasteiger partial charge in [-0.05, 0) is 19.0 Å². The second-order valence-electron chi connectivity index (χ2n) is 4.70. The summed E-state index contributed by atoms with van der Waals surface area (Å²) >= 11 is 0. The summed E-state index contributed by atoms with van der Waals surface area (Å²) in [5.41, 5.74) is 0.420. The maximum absolute atomic E-state index is 11.2. The zero-order chi connectivity index (χ0) is 14.1. The minimum Gasteiger partial charge on any atom is -0.508 e. The van der Waals surface area contributed by atoms with Crippen molar-refractivity contribution in [1.29, 1.82) is 0 Å². The summed E-state index contributed by atoms with van der Waals surface area (Å²) in [7, 11) is 0. The van der Waals surface area contributed by atoms with E-state index in [2.05, 4.69) is 12.2 Å². The van der Waals surface area contributed by atoms with Crippen LogP contribution in [0.25, 0.3) is 0 Å². The normalized spacial score (nSPS) is 12.3. The second-order valence-corrected chi connectivity index (χ2v) is 4.70. The lowest BCUT2D eigenvalue weighted by Crippen LogP contribution is -2.29. The van der Waals surface area contributed by atoms with Gasteiger partial charge in [0.25, 0.3) is 0 Å². The molecule has 19 heavy (non-hydrogen) atoms. The number of nitrogens with one attached hydrogen (secondary N) is 1. The number of hydrogen-bond donors (Lipinski definition) is 3. The number of carbonyl (C=O) groups is 1. The first-order chi connectivity index (χ1) is 9.16. The Balaban J connectivity index is 2.46. The molecule has 0 aliphatic carbocycles. The molecule has 0 aliphatic rings. The number of aliphatic carboxylic acids is 1. The van der Waals surface area contributed by atoms with Crippen LogP contribution in [-0.4, -0.2) is 22.7 Å². The van der Waals surface area contributed by atoms with Gasteiger partial charge >= 0.3 is 5.97 Å². The van der Waals surface area contributed by atoms with Gasteiger partial charge in [0.2, 0.25) is 0 Å². The SMILES string of the molecule is CCCCCCCNC(C(=O)O)c1ccccc1O. The van der Waals surface area contributed by atoms with E-state index in [0.29, 0.717) is 12.1 Å². The average Bonchev–Trinajstić information content (AvgIpc) is 2.39. The molecule has 0 fully saturated rings. The van der Waals surface area contributed by atoms with E-state index < -0.39 is 12.0 Å². The quantitative estimate of drug-likeness (QED) is 0.600. The van der Waals surface area contributed by atoms with Gasteiger partial charge in [-0.2, -0.15) is 0 Å². The van der Waals surface area contributed by atoms with Gasteiger partial charge in [-0.15, -0.1) is 0 Å². The maximum atomic E-state index is 11.2. The monoisotopic (exact) mass is 265 g/mol. The summed E-state index contributed by atoms with van der Waals surface area (Å²) in [6.07, 6.45) is 5.67. The Kier molecular flexibility index (Phi) is 6.97. The lowest BCUT2D eigenvalue weighted by atomic mass is 10.1. The molecule has 1 unspecified atom stereocenters. The molecule has 3 N–H and O–H groups in total. The predicted molar refractivity (Wildman–Crippen MR) is 75.2 cm³/mol. The highest BCUT2D eigenvalue weighted by Crippen LogP contribution is 2.23. The molecule has 0 amide bonds. The number of rotatable bonds is 9. The van der Waals surface area contributed by atoms with Gasteiger partial charge in [-0.1, -0.05) is 50.8 Å². The van der Waals surface area contributed by atoms with Crippen LogP contribution < -0.4 is 5.32 Å². The highest BCUT2D eigenvalue weighted by molar-refractivity contribution is 5.76. The van der Waals surface area contributed by atoms with Crippen LogP contribution in [0.4, 0.5) is 0 Å². The number of carboxylic acids is 1. The van der Waals surface area contributed by atoms with Crippen molar-refractivity contribution in [3.8, 4) is 5.75 Å². The molecule has 1 rings (SSSR count). The van der Waals surface area contributed by atoms with Gasteiger partial charge in [0.1, 0.15) is 11.8 Å². The zero-order valence-corrected chi connectivity index (χ0v) is 11.4. The third-order valence-corrected chi connectivity index (χ3v) is 3.12. The van der Waals surface area contributed by atoms with E-state index in [-0.39, 0.29) is 5.75 Å². The average molecular weight is 265 g/mol. The Morgan fingerprint density at radius 1 is 1.21 bits per heavy atom. The summed E-state index contributed by atoms with van der Waals surface area (Å²) < 4.78 is 0. The van der Waals surface area contributed by atoms with Crippen LogP contribution in [0.1, 0.15) is 50.6 Å². The molecule has 1 atom stereocenters. The van der Waals surface area contributed by atoms with Gasteiger partial charge in [-0.25, -0.2) is 0 Å². The standard InChI is InChI=1S/C15H23NO3/c1-2-3-4-5-8-11-16-14(15(18)19)12-9-6-7-10-13(12)17/h6-7,9-10,14,16-17H,2-5,8,11H2,1H3,(H,18,19). The zero-order valence-electron chi connectivity index (χ0n) is 11.4. The van der Waals surface area contributed by atoms with E-state index in [1.807, 2.05) is 0 Å². The van der Waals surface area contributed by atoms with Crippen molar-refractivity contribution in [3.05, 3.63) is 29.8 Å². The number of aromatic hydroxyl groups is 1. The summed E-state index contributed by atoms with van der Waals surface area (Å²) in [6.45, 7) is 2.81. The molecule has 0 saturated heterocycles. The van der Waals surface area contributed by atoms with Crippen molar-refractivity contribution in [2.75, 3.05) is 6.54 Å². The molecule has 1 aromatic carbocycles. The largest absolute Gasteiger partial charge is 0.508 e. The molecular formula is C15H23NO3.